The Kier molecular flexibility index (Phi) is 3.13. The molecule has 0 amide bonds. The molecular formula is C12H24N2. The molecule has 0 aromatic rings. The van der Waals surface area contributed by atoms with E-state index in [2.05, 4.69) is 24.5 Å². The first kappa shape index (κ1) is 10.4. The van der Waals surface area contributed by atoms with Gasteiger partial charge in [-0.2, -0.15) is 0 Å². The van der Waals surface area contributed by atoms with Crippen molar-refractivity contribution in [3.63, 3.8) is 0 Å². The van der Waals surface area contributed by atoms with Gasteiger partial charge in [0.25, 0.3) is 0 Å². The standard InChI is InChI=1S/C12H24N2/c1-3-12(4-5-12)9-14-8-11-7-13-6-10(11)2/h10-11,13-14H,3-9H2,1-2H3. The third-order valence-electron chi connectivity index (χ3n) is 4.29. The molecule has 2 aliphatic rings. The van der Waals surface area contributed by atoms with Crippen molar-refractivity contribution in [2.45, 2.75) is 33.1 Å². The minimum atomic E-state index is 0.704. The fraction of sp³-hybridized carbons (Fsp3) is 1.00. The monoisotopic (exact) mass is 196 g/mol. The van der Waals surface area contributed by atoms with Crippen molar-refractivity contribution >= 4 is 0 Å². The highest BCUT2D eigenvalue weighted by molar-refractivity contribution is 4.94. The van der Waals surface area contributed by atoms with E-state index in [1.54, 1.807) is 0 Å². The lowest BCUT2D eigenvalue weighted by atomic mass is 9.97. The molecule has 2 atom stereocenters. The quantitative estimate of drug-likeness (QED) is 0.698. The summed E-state index contributed by atoms with van der Waals surface area (Å²) in [5, 5.41) is 7.13. The first-order chi connectivity index (χ1) is 6.76. The Morgan fingerprint density at radius 1 is 1.36 bits per heavy atom. The Morgan fingerprint density at radius 3 is 2.64 bits per heavy atom. The van der Waals surface area contributed by atoms with Gasteiger partial charge in [-0.25, -0.2) is 0 Å². The molecule has 0 aromatic carbocycles. The minimum Gasteiger partial charge on any atom is -0.316 e. The predicted molar refractivity (Wildman–Crippen MR) is 60.4 cm³/mol. The van der Waals surface area contributed by atoms with E-state index >= 15 is 0 Å². The summed E-state index contributed by atoms with van der Waals surface area (Å²) in [6.07, 6.45) is 4.27. The zero-order valence-electron chi connectivity index (χ0n) is 9.60. The van der Waals surface area contributed by atoms with Crippen LogP contribution >= 0.6 is 0 Å². The number of hydrogen-bond acceptors (Lipinski definition) is 2. The fourth-order valence-corrected chi connectivity index (χ4v) is 2.49. The van der Waals surface area contributed by atoms with Gasteiger partial charge in [-0.3, -0.25) is 0 Å². The number of hydrogen-bond donors (Lipinski definition) is 2. The van der Waals surface area contributed by atoms with Crippen molar-refractivity contribution in [3.05, 3.63) is 0 Å². The van der Waals surface area contributed by atoms with Crippen LogP contribution < -0.4 is 10.6 Å². The lowest BCUT2D eigenvalue weighted by molar-refractivity contribution is 0.378. The number of rotatable bonds is 5. The van der Waals surface area contributed by atoms with Gasteiger partial charge < -0.3 is 10.6 Å². The van der Waals surface area contributed by atoms with Crippen molar-refractivity contribution in [3.8, 4) is 0 Å². The predicted octanol–water partition coefficient (Wildman–Crippen LogP) is 1.62. The molecule has 1 heterocycles. The van der Waals surface area contributed by atoms with Crippen molar-refractivity contribution < 1.29 is 0 Å². The summed E-state index contributed by atoms with van der Waals surface area (Å²) in [7, 11) is 0. The Labute approximate surface area is 87.8 Å². The Bertz CT molecular complexity index is 187. The molecule has 1 aliphatic carbocycles. The van der Waals surface area contributed by atoms with Gasteiger partial charge in [-0.05, 0) is 56.1 Å². The highest BCUT2D eigenvalue weighted by Crippen LogP contribution is 2.47. The molecule has 0 aromatic heterocycles. The number of nitrogens with one attached hydrogen (secondary N) is 2. The highest BCUT2D eigenvalue weighted by Gasteiger charge is 2.40. The van der Waals surface area contributed by atoms with Crippen molar-refractivity contribution in [2.24, 2.45) is 17.3 Å². The molecule has 2 fully saturated rings. The first-order valence-corrected chi connectivity index (χ1v) is 6.17. The van der Waals surface area contributed by atoms with Crippen LogP contribution in [0.15, 0.2) is 0 Å². The second-order valence-electron chi connectivity index (χ2n) is 5.38. The average molecular weight is 196 g/mol. The van der Waals surface area contributed by atoms with E-state index < -0.39 is 0 Å². The molecule has 2 N–H and O–H groups in total. The molecule has 0 bridgehead atoms. The van der Waals surface area contributed by atoms with Crippen LogP contribution in [0.25, 0.3) is 0 Å². The van der Waals surface area contributed by atoms with Gasteiger partial charge in [-0.15, -0.1) is 0 Å². The van der Waals surface area contributed by atoms with E-state index in [-0.39, 0.29) is 0 Å². The lowest BCUT2D eigenvalue weighted by Gasteiger charge is -2.18. The van der Waals surface area contributed by atoms with Crippen molar-refractivity contribution in [2.75, 3.05) is 26.2 Å². The second kappa shape index (κ2) is 4.19. The van der Waals surface area contributed by atoms with E-state index in [4.69, 9.17) is 0 Å². The van der Waals surface area contributed by atoms with Crippen LogP contribution in [0.1, 0.15) is 33.1 Å². The first-order valence-electron chi connectivity index (χ1n) is 6.17. The molecule has 0 radical (unpaired) electrons. The summed E-state index contributed by atoms with van der Waals surface area (Å²) >= 11 is 0. The van der Waals surface area contributed by atoms with E-state index in [0.717, 1.165) is 11.8 Å². The third-order valence-corrected chi connectivity index (χ3v) is 4.29. The van der Waals surface area contributed by atoms with Crippen LogP contribution in [0.4, 0.5) is 0 Å². The van der Waals surface area contributed by atoms with Gasteiger partial charge in [0.15, 0.2) is 0 Å². The average Bonchev–Trinajstić information content (AvgIpc) is 2.86. The third kappa shape index (κ3) is 2.29. The minimum absolute atomic E-state index is 0.704. The topological polar surface area (TPSA) is 24.1 Å². The highest BCUT2D eigenvalue weighted by atomic mass is 15.0. The molecule has 1 aliphatic heterocycles. The van der Waals surface area contributed by atoms with E-state index in [1.807, 2.05) is 0 Å². The van der Waals surface area contributed by atoms with Gasteiger partial charge in [0, 0.05) is 6.54 Å². The molecular weight excluding hydrogens is 172 g/mol. The normalized spacial score (nSPS) is 34.7. The molecule has 2 unspecified atom stereocenters. The van der Waals surface area contributed by atoms with Crippen LogP contribution in [-0.4, -0.2) is 26.2 Å². The van der Waals surface area contributed by atoms with Crippen molar-refractivity contribution in [1.29, 1.82) is 0 Å². The van der Waals surface area contributed by atoms with Gasteiger partial charge in [0.05, 0.1) is 0 Å². The SMILES string of the molecule is CCC1(CNCC2CNCC2C)CC1. The molecule has 0 spiro atoms. The maximum absolute atomic E-state index is 3.67. The van der Waals surface area contributed by atoms with Crippen LogP contribution in [0.5, 0.6) is 0 Å². The lowest BCUT2D eigenvalue weighted by Crippen LogP contribution is -2.31. The summed E-state index contributed by atoms with van der Waals surface area (Å²) in [5.41, 5.74) is 0.704. The van der Waals surface area contributed by atoms with E-state index in [0.29, 0.717) is 5.41 Å². The van der Waals surface area contributed by atoms with Crippen LogP contribution in [0.3, 0.4) is 0 Å². The van der Waals surface area contributed by atoms with Gasteiger partial charge in [-0.1, -0.05) is 13.8 Å². The Morgan fingerprint density at radius 2 is 2.14 bits per heavy atom. The molecule has 1 saturated carbocycles. The van der Waals surface area contributed by atoms with Crippen LogP contribution in [-0.2, 0) is 0 Å². The molecule has 2 heteroatoms. The van der Waals surface area contributed by atoms with E-state index in [1.165, 1.54) is 45.4 Å². The molecule has 1 saturated heterocycles. The van der Waals surface area contributed by atoms with Crippen LogP contribution in [0, 0.1) is 17.3 Å². The molecule has 82 valence electrons. The van der Waals surface area contributed by atoms with E-state index in [9.17, 15) is 0 Å². The Hall–Kier alpha value is -0.0800. The fourth-order valence-electron chi connectivity index (χ4n) is 2.49. The van der Waals surface area contributed by atoms with Gasteiger partial charge >= 0.3 is 0 Å². The summed E-state index contributed by atoms with van der Waals surface area (Å²) in [5.74, 6) is 1.72. The second-order valence-corrected chi connectivity index (χ2v) is 5.38. The molecule has 14 heavy (non-hydrogen) atoms. The van der Waals surface area contributed by atoms with Crippen molar-refractivity contribution in [1.82, 2.24) is 10.6 Å². The Balaban J connectivity index is 1.63. The summed E-state index contributed by atoms with van der Waals surface area (Å²) in [6, 6.07) is 0. The summed E-state index contributed by atoms with van der Waals surface area (Å²) in [4.78, 5) is 0. The summed E-state index contributed by atoms with van der Waals surface area (Å²) in [6.45, 7) is 9.59. The summed E-state index contributed by atoms with van der Waals surface area (Å²) < 4.78 is 0. The molecule has 2 rings (SSSR count). The maximum Gasteiger partial charge on any atom is 0.000784 e. The van der Waals surface area contributed by atoms with Gasteiger partial charge in [0.2, 0.25) is 0 Å². The zero-order valence-corrected chi connectivity index (χ0v) is 9.60. The molecule has 2 nitrogen and oxygen atoms in total. The zero-order chi connectivity index (χ0) is 10.0. The largest absolute Gasteiger partial charge is 0.316 e. The maximum atomic E-state index is 3.67. The van der Waals surface area contributed by atoms with Crippen LogP contribution in [0.2, 0.25) is 0 Å². The smallest absolute Gasteiger partial charge is 0.000784 e. The van der Waals surface area contributed by atoms with Gasteiger partial charge in [0.1, 0.15) is 0 Å².